The maximum absolute atomic E-state index is 12.5. The highest BCUT2D eigenvalue weighted by molar-refractivity contribution is 6.13. The van der Waals surface area contributed by atoms with E-state index in [1.807, 2.05) is 59.0 Å². The van der Waals surface area contributed by atoms with E-state index < -0.39 is 0 Å². The molecule has 0 aliphatic carbocycles. The van der Waals surface area contributed by atoms with Crippen LogP contribution in [0.25, 0.3) is 54.9 Å². The summed E-state index contributed by atoms with van der Waals surface area (Å²) < 4.78 is 11.8. The zero-order valence-corrected chi connectivity index (χ0v) is 33.8. The minimum Gasteiger partial charge on any atom is -0.507 e. The van der Waals surface area contributed by atoms with Gasteiger partial charge in [-0.15, -0.1) is 0 Å². The lowest BCUT2D eigenvalue weighted by atomic mass is 9.80. The largest absolute Gasteiger partial charge is 0.507 e. The minimum atomic E-state index is -0.209. The predicted octanol–water partition coefficient (Wildman–Crippen LogP) is 9.39. The quantitative estimate of drug-likeness (QED) is 0.0902. The number of nitrogens with one attached hydrogen (secondary N) is 1. The molecular formula is C47H50N2O8. The Morgan fingerprint density at radius 1 is 0.579 bits per heavy atom. The van der Waals surface area contributed by atoms with Gasteiger partial charge in [-0.05, 0) is 130 Å². The van der Waals surface area contributed by atoms with E-state index in [9.17, 15) is 30.6 Å². The van der Waals surface area contributed by atoms with Crippen molar-refractivity contribution < 1.29 is 40.1 Å². The fourth-order valence-electron chi connectivity index (χ4n) is 9.74. The summed E-state index contributed by atoms with van der Waals surface area (Å²) in [5, 5.41) is 76.5. The summed E-state index contributed by atoms with van der Waals surface area (Å²) in [5.41, 5.74) is 7.35. The standard InChI is InChI=1S/C47H50N2O8/c1-20-10-26-28(42-32-14-22(3)48-24(5)40(32)34(50)18-36(42)52)16-30(46(54)44(26)38(12-20)56-8)31-17-29(27-11-21(2)13-39(57-9)45(27)47(31)55)43-33-15-23(4)49(7)25(6)41(33)35(51)19-37(43)53/h10-13,16-19,22-25,48,50-55H,14-15H2,1-9H3/t22-,23-,24?,25-/m1/s1. The topological polar surface area (TPSA) is 155 Å². The Labute approximate surface area is 332 Å². The monoisotopic (exact) mass is 770 g/mol. The van der Waals surface area contributed by atoms with Crippen molar-refractivity contribution in [1.29, 1.82) is 0 Å². The van der Waals surface area contributed by atoms with Crippen molar-refractivity contribution in [2.24, 2.45) is 0 Å². The van der Waals surface area contributed by atoms with E-state index in [1.165, 1.54) is 26.4 Å². The Kier molecular flexibility index (Phi) is 9.13. The van der Waals surface area contributed by atoms with Crippen molar-refractivity contribution in [2.45, 2.75) is 78.6 Å². The Hall–Kier alpha value is -5.84. The molecule has 0 radical (unpaired) electrons. The molecule has 10 heteroatoms. The molecule has 2 aliphatic heterocycles. The zero-order valence-electron chi connectivity index (χ0n) is 33.8. The van der Waals surface area contributed by atoms with E-state index in [0.29, 0.717) is 79.3 Å². The number of ether oxygens (including phenoxy) is 2. The Morgan fingerprint density at radius 2 is 1.04 bits per heavy atom. The number of fused-ring (bicyclic) bond motifs is 4. The second-order valence-electron chi connectivity index (χ2n) is 16.2. The number of aromatic hydroxyl groups is 6. The van der Waals surface area contributed by atoms with Crippen LogP contribution < -0.4 is 14.8 Å². The van der Waals surface area contributed by atoms with Crippen LogP contribution in [-0.2, 0) is 12.8 Å². The summed E-state index contributed by atoms with van der Waals surface area (Å²) >= 11 is 0. The first-order chi connectivity index (χ1) is 27.1. The number of methoxy groups -OCH3 is 2. The number of phenolic OH excluding ortho intramolecular Hbond substituents is 6. The molecule has 6 aromatic rings. The molecule has 0 spiro atoms. The maximum atomic E-state index is 12.5. The first-order valence-corrected chi connectivity index (χ1v) is 19.4. The molecule has 0 aromatic heterocycles. The average molecular weight is 771 g/mol. The minimum absolute atomic E-state index is 0.00430. The fraction of sp³-hybridized carbons (Fsp3) is 0.319. The van der Waals surface area contributed by atoms with Crippen LogP contribution in [-0.4, -0.2) is 68.9 Å². The van der Waals surface area contributed by atoms with Crippen molar-refractivity contribution in [3.8, 4) is 79.4 Å². The molecular weight excluding hydrogens is 721 g/mol. The maximum Gasteiger partial charge on any atom is 0.135 e. The van der Waals surface area contributed by atoms with E-state index in [1.54, 1.807) is 12.1 Å². The molecule has 0 saturated carbocycles. The van der Waals surface area contributed by atoms with Crippen LogP contribution in [0.1, 0.15) is 73.2 Å². The third kappa shape index (κ3) is 5.76. The van der Waals surface area contributed by atoms with E-state index in [2.05, 4.69) is 24.1 Å². The van der Waals surface area contributed by atoms with Gasteiger partial charge >= 0.3 is 0 Å². The number of hydrogen-bond acceptors (Lipinski definition) is 10. The van der Waals surface area contributed by atoms with Crippen molar-refractivity contribution in [2.75, 3.05) is 21.3 Å². The molecule has 296 valence electrons. The molecule has 1 unspecified atom stereocenters. The Morgan fingerprint density at radius 3 is 1.51 bits per heavy atom. The van der Waals surface area contributed by atoms with Gasteiger partial charge in [0.05, 0.1) is 25.0 Å². The number of likely N-dealkylation sites (N-methyl/N-ethyl adjacent to an activating group) is 1. The van der Waals surface area contributed by atoms with Crippen LogP contribution >= 0.6 is 0 Å². The van der Waals surface area contributed by atoms with Crippen LogP contribution in [0, 0.1) is 13.8 Å². The highest BCUT2D eigenvalue weighted by atomic mass is 16.5. The number of benzene rings is 6. The zero-order chi connectivity index (χ0) is 40.9. The first-order valence-electron chi connectivity index (χ1n) is 19.4. The van der Waals surface area contributed by atoms with Gasteiger partial charge in [0.2, 0.25) is 0 Å². The van der Waals surface area contributed by atoms with Crippen LogP contribution in [0.3, 0.4) is 0 Å². The van der Waals surface area contributed by atoms with E-state index in [0.717, 1.165) is 22.3 Å². The van der Waals surface area contributed by atoms with Crippen molar-refractivity contribution in [3.63, 3.8) is 0 Å². The lowest BCUT2D eigenvalue weighted by Gasteiger charge is -2.39. The molecule has 0 amide bonds. The first kappa shape index (κ1) is 38.1. The van der Waals surface area contributed by atoms with Gasteiger partial charge in [0.1, 0.15) is 46.0 Å². The molecule has 4 atom stereocenters. The Balaban J connectivity index is 1.55. The molecule has 8 rings (SSSR count). The van der Waals surface area contributed by atoms with Gasteiger partial charge in [-0.25, -0.2) is 0 Å². The summed E-state index contributed by atoms with van der Waals surface area (Å²) in [6.07, 6.45) is 1.05. The number of nitrogens with zero attached hydrogens (tertiary/aromatic N) is 1. The second kappa shape index (κ2) is 13.7. The van der Waals surface area contributed by atoms with Gasteiger partial charge < -0.3 is 45.4 Å². The lowest BCUT2D eigenvalue weighted by Crippen LogP contribution is -2.38. The number of rotatable bonds is 5. The normalized spacial score (nSPS) is 19.5. The summed E-state index contributed by atoms with van der Waals surface area (Å²) in [5.74, 6) is 0.224. The van der Waals surface area contributed by atoms with Gasteiger partial charge in [-0.1, -0.05) is 12.1 Å². The molecule has 2 heterocycles. The molecule has 0 bridgehead atoms. The van der Waals surface area contributed by atoms with Crippen molar-refractivity contribution >= 4 is 21.5 Å². The number of phenols is 6. The molecule has 0 saturated heterocycles. The van der Waals surface area contributed by atoms with Gasteiger partial charge in [0.25, 0.3) is 0 Å². The van der Waals surface area contributed by atoms with Crippen molar-refractivity contribution in [1.82, 2.24) is 10.2 Å². The van der Waals surface area contributed by atoms with Crippen LogP contribution in [0.15, 0.2) is 48.5 Å². The van der Waals surface area contributed by atoms with E-state index in [-0.39, 0.29) is 69.8 Å². The Bertz CT molecular complexity index is 2670. The van der Waals surface area contributed by atoms with Gasteiger partial charge in [-0.3, -0.25) is 4.90 Å². The fourth-order valence-corrected chi connectivity index (χ4v) is 9.74. The van der Waals surface area contributed by atoms with E-state index >= 15 is 0 Å². The molecule has 0 fully saturated rings. The molecule has 57 heavy (non-hydrogen) atoms. The third-order valence-corrected chi connectivity index (χ3v) is 12.5. The number of hydrogen-bond donors (Lipinski definition) is 7. The summed E-state index contributed by atoms with van der Waals surface area (Å²) in [6.45, 7) is 12.0. The highest BCUT2D eigenvalue weighted by Crippen LogP contribution is 2.56. The second-order valence-corrected chi connectivity index (χ2v) is 16.2. The SMILES string of the molecule is COc1cc(C)cc2c(-c3c(O)cc(O)c4c3C[C@@H](C)NC4C)cc(-c3cc(-c4c(O)cc(O)c5c4C[C@@H](C)N(C)[C@@H]5C)c4cc(C)cc(OC)c4c3O)c(O)c12. The summed E-state index contributed by atoms with van der Waals surface area (Å²) in [7, 11) is 5.08. The smallest absolute Gasteiger partial charge is 0.135 e. The van der Waals surface area contributed by atoms with Gasteiger partial charge in [-0.2, -0.15) is 0 Å². The van der Waals surface area contributed by atoms with Gasteiger partial charge in [0, 0.05) is 69.7 Å². The average Bonchev–Trinajstić information content (AvgIpc) is 3.14. The predicted molar refractivity (Wildman–Crippen MR) is 224 cm³/mol. The summed E-state index contributed by atoms with van der Waals surface area (Å²) in [4.78, 5) is 2.19. The number of aryl methyl sites for hydroxylation is 2. The van der Waals surface area contributed by atoms with Crippen molar-refractivity contribution in [3.05, 3.63) is 81.9 Å². The lowest BCUT2D eigenvalue weighted by molar-refractivity contribution is 0.176. The van der Waals surface area contributed by atoms with Crippen LogP contribution in [0.4, 0.5) is 0 Å². The molecule has 7 N–H and O–H groups in total. The molecule has 2 aliphatic rings. The molecule has 10 nitrogen and oxygen atoms in total. The van der Waals surface area contributed by atoms with Crippen LogP contribution in [0.5, 0.6) is 46.0 Å². The molecule has 6 aromatic carbocycles. The van der Waals surface area contributed by atoms with Gasteiger partial charge in [0.15, 0.2) is 0 Å². The highest BCUT2D eigenvalue weighted by Gasteiger charge is 2.35. The third-order valence-electron chi connectivity index (χ3n) is 12.5. The summed E-state index contributed by atoms with van der Waals surface area (Å²) in [6, 6.07) is 13.6. The van der Waals surface area contributed by atoms with E-state index in [4.69, 9.17) is 9.47 Å². The van der Waals surface area contributed by atoms with Crippen LogP contribution in [0.2, 0.25) is 0 Å².